The Morgan fingerprint density at radius 3 is 2.58 bits per heavy atom. The molecule has 190 valence electrons. The maximum atomic E-state index is 13.3. The highest BCUT2D eigenvalue weighted by Gasteiger charge is 2.36. The second-order valence-corrected chi connectivity index (χ2v) is 11.3. The van der Waals surface area contributed by atoms with E-state index in [1.807, 2.05) is 19.1 Å². The number of benzene rings is 2. The second-order valence-electron chi connectivity index (χ2n) is 9.40. The van der Waals surface area contributed by atoms with Crippen LogP contribution in [0, 0.1) is 24.1 Å². The number of nitrogens with zero attached hydrogens (tertiary/aromatic N) is 4. The lowest BCUT2D eigenvalue weighted by molar-refractivity contribution is 0.104. The van der Waals surface area contributed by atoms with E-state index in [2.05, 4.69) is 34.3 Å². The second kappa shape index (κ2) is 10.8. The molecule has 0 bridgehead atoms. The molecule has 0 amide bonds. The third-order valence-electron chi connectivity index (χ3n) is 6.28. The molecule has 36 heavy (non-hydrogen) atoms. The number of rotatable bonds is 8. The van der Waals surface area contributed by atoms with E-state index < -0.39 is 10.0 Å². The first-order valence-electron chi connectivity index (χ1n) is 11.9. The van der Waals surface area contributed by atoms with E-state index in [-0.39, 0.29) is 23.4 Å². The van der Waals surface area contributed by atoms with Gasteiger partial charge in [0.2, 0.25) is 0 Å². The maximum absolute atomic E-state index is 13.3. The van der Waals surface area contributed by atoms with Gasteiger partial charge in [-0.1, -0.05) is 13.8 Å². The lowest BCUT2D eigenvalue weighted by atomic mass is 9.94. The van der Waals surface area contributed by atoms with Crippen LogP contribution in [0.3, 0.4) is 0 Å². The van der Waals surface area contributed by atoms with Gasteiger partial charge in [0.15, 0.2) is 5.03 Å². The summed E-state index contributed by atoms with van der Waals surface area (Å²) in [5.41, 5.74) is 4.05. The number of aryl methyl sites for hydroxylation is 1. The number of nitrogens with one attached hydrogen (secondary N) is 2. The largest absolute Gasteiger partial charge is 0.355 e. The summed E-state index contributed by atoms with van der Waals surface area (Å²) in [6.45, 7) is 8.31. The summed E-state index contributed by atoms with van der Waals surface area (Å²) in [5, 5.41) is 18.8. The molecule has 2 aromatic carbocycles. The van der Waals surface area contributed by atoms with Crippen molar-refractivity contribution >= 4 is 27.6 Å². The molecule has 2 N–H and O–H groups in total. The van der Waals surface area contributed by atoms with E-state index in [0.717, 1.165) is 23.4 Å². The topological polar surface area (TPSA) is 102 Å². The van der Waals surface area contributed by atoms with Crippen LogP contribution in [-0.4, -0.2) is 60.2 Å². The molecule has 4 rings (SSSR count). The first-order valence-corrected chi connectivity index (χ1v) is 13.3. The average Bonchev–Trinajstić information content (AvgIpc) is 2.86. The first-order chi connectivity index (χ1) is 17.2. The number of halogens is 1. The van der Waals surface area contributed by atoms with Gasteiger partial charge in [-0.25, -0.2) is 12.8 Å². The van der Waals surface area contributed by atoms with E-state index >= 15 is 0 Å². The summed E-state index contributed by atoms with van der Waals surface area (Å²) < 4.78 is 41.4. The SMILES string of the molecule is Cc1cc(Nc2ccc(F)cc2)c(C=N)cc1[C@@H]1CN(S(=O)(=O)c2cccnn2)CCN1CC(C)C. The molecule has 3 aromatic rings. The molecular weight excluding hydrogens is 479 g/mol. The highest BCUT2D eigenvalue weighted by Crippen LogP contribution is 2.34. The Morgan fingerprint density at radius 2 is 1.94 bits per heavy atom. The fourth-order valence-electron chi connectivity index (χ4n) is 4.57. The molecule has 2 heterocycles. The molecule has 1 fully saturated rings. The van der Waals surface area contributed by atoms with Crippen LogP contribution in [0.4, 0.5) is 15.8 Å². The summed E-state index contributed by atoms with van der Waals surface area (Å²) in [4.78, 5) is 2.32. The van der Waals surface area contributed by atoms with Gasteiger partial charge in [0.25, 0.3) is 10.0 Å². The standard InChI is InChI=1S/C26H31FN6O2S/c1-18(2)16-32-11-12-33(36(34,35)26-5-4-10-29-31-26)17-25(32)23-14-20(15-28)24(13-19(23)3)30-22-8-6-21(27)7-9-22/h4-10,13-15,18,25,28,30H,11-12,16-17H2,1-3H3/t25-/m0/s1. The van der Waals surface area contributed by atoms with Gasteiger partial charge >= 0.3 is 0 Å². The van der Waals surface area contributed by atoms with Crippen LogP contribution in [0.25, 0.3) is 0 Å². The fourth-order valence-corrected chi connectivity index (χ4v) is 5.90. The summed E-state index contributed by atoms with van der Waals surface area (Å²) in [6, 6.07) is 12.8. The number of anilines is 2. The smallest absolute Gasteiger partial charge is 0.262 e. The molecule has 1 aromatic heterocycles. The van der Waals surface area contributed by atoms with Gasteiger partial charge in [-0.3, -0.25) is 4.90 Å². The predicted molar refractivity (Wildman–Crippen MR) is 139 cm³/mol. The van der Waals surface area contributed by atoms with Crippen LogP contribution < -0.4 is 5.32 Å². The zero-order valence-corrected chi connectivity index (χ0v) is 21.5. The van der Waals surface area contributed by atoms with Crippen molar-refractivity contribution < 1.29 is 12.8 Å². The molecule has 0 unspecified atom stereocenters. The molecule has 0 radical (unpaired) electrons. The van der Waals surface area contributed by atoms with E-state index in [1.165, 1.54) is 34.9 Å². The van der Waals surface area contributed by atoms with Crippen molar-refractivity contribution in [2.75, 3.05) is 31.5 Å². The fraction of sp³-hybridized carbons (Fsp3) is 0.346. The number of aromatic nitrogens is 2. The quantitative estimate of drug-likeness (QED) is 0.437. The summed E-state index contributed by atoms with van der Waals surface area (Å²) in [6.07, 6.45) is 2.73. The van der Waals surface area contributed by atoms with Crippen molar-refractivity contribution in [3.05, 3.63) is 77.2 Å². The van der Waals surface area contributed by atoms with Crippen LogP contribution in [0.15, 0.2) is 59.8 Å². The molecule has 1 aliphatic rings. The minimum absolute atomic E-state index is 0.0585. The monoisotopic (exact) mass is 510 g/mol. The lowest BCUT2D eigenvalue weighted by Gasteiger charge is -2.42. The van der Waals surface area contributed by atoms with E-state index in [1.54, 1.807) is 18.2 Å². The van der Waals surface area contributed by atoms with Gasteiger partial charge in [-0.2, -0.15) is 9.40 Å². The van der Waals surface area contributed by atoms with Gasteiger partial charge in [0.1, 0.15) is 5.82 Å². The molecular formula is C26H31FN6O2S. The molecule has 0 saturated carbocycles. The van der Waals surface area contributed by atoms with E-state index in [4.69, 9.17) is 5.41 Å². The van der Waals surface area contributed by atoms with Crippen molar-refractivity contribution in [3.8, 4) is 0 Å². The Morgan fingerprint density at radius 1 is 1.19 bits per heavy atom. The number of hydrogen-bond acceptors (Lipinski definition) is 7. The Kier molecular flexibility index (Phi) is 7.77. The summed E-state index contributed by atoms with van der Waals surface area (Å²) >= 11 is 0. The van der Waals surface area contributed by atoms with Crippen LogP contribution in [-0.2, 0) is 10.0 Å². The van der Waals surface area contributed by atoms with Crippen LogP contribution in [0.2, 0.25) is 0 Å². The van der Waals surface area contributed by atoms with Crippen molar-refractivity contribution in [2.45, 2.75) is 31.8 Å². The Balaban J connectivity index is 1.69. The number of hydrogen-bond donors (Lipinski definition) is 2. The maximum Gasteiger partial charge on any atom is 0.262 e. The molecule has 8 nitrogen and oxygen atoms in total. The minimum atomic E-state index is -3.79. The number of sulfonamides is 1. The molecule has 10 heteroatoms. The van der Waals surface area contributed by atoms with Crippen LogP contribution >= 0.6 is 0 Å². The molecule has 0 aliphatic carbocycles. The molecule has 0 spiro atoms. The highest BCUT2D eigenvalue weighted by molar-refractivity contribution is 7.89. The van der Waals surface area contributed by atoms with Crippen molar-refractivity contribution in [2.24, 2.45) is 5.92 Å². The Hall–Kier alpha value is -3.21. The lowest BCUT2D eigenvalue weighted by Crippen LogP contribution is -2.51. The van der Waals surface area contributed by atoms with Gasteiger partial charge in [0, 0.05) is 61.6 Å². The predicted octanol–water partition coefficient (Wildman–Crippen LogP) is 4.37. The van der Waals surface area contributed by atoms with E-state index in [9.17, 15) is 12.8 Å². The first kappa shape index (κ1) is 25.9. The van der Waals surface area contributed by atoms with Gasteiger partial charge in [-0.15, -0.1) is 5.10 Å². The molecule has 1 aliphatic heterocycles. The van der Waals surface area contributed by atoms with Gasteiger partial charge in [-0.05, 0) is 72.5 Å². The van der Waals surface area contributed by atoms with Crippen molar-refractivity contribution in [1.29, 1.82) is 5.41 Å². The van der Waals surface area contributed by atoms with Gasteiger partial charge < -0.3 is 10.7 Å². The summed E-state index contributed by atoms with van der Waals surface area (Å²) in [7, 11) is -3.79. The van der Waals surface area contributed by atoms with Crippen molar-refractivity contribution in [1.82, 2.24) is 19.4 Å². The Bertz CT molecular complexity index is 1320. The zero-order valence-electron chi connectivity index (χ0n) is 20.6. The highest BCUT2D eigenvalue weighted by atomic mass is 32.2. The third-order valence-corrected chi connectivity index (χ3v) is 8.04. The van der Waals surface area contributed by atoms with Crippen molar-refractivity contribution in [3.63, 3.8) is 0 Å². The van der Waals surface area contributed by atoms with Gasteiger partial charge in [0.05, 0.1) is 0 Å². The zero-order chi connectivity index (χ0) is 25.9. The summed E-state index contributed by atoms with van der Waals surface area (Å²) in [5.74, 6) is 0.0838. The van der Waals surface area contributed by atoms with E-state index in [0.29, 0.717) is 30.3 Å². The van der Waals surface area contributed by atoms with Crippen LogP contribution in [0.1, 0.15) is 36.6 Å². The normalized spacial score (nSPS) is 17.3. The van der Waals surface area contributed by atoms with Crippen LogP contribution in [0.5, 0.6) is 0 Å². The third kappa shape index (κ3) is 5.61. The number of piperazine rings is 1. The Labute approximate surface area is 211 Å². The average molecular weight is 511 g/mol. The molecule has 1 saturated heterocycles. The minimum Gasteiger partial charge on any atom is -0.355 e. The molecule has 1 atom stereocenters.